The molecular formula is C30H35FN6O4. The highest BCUT2D eigenvalue weighted by atomic mass is 19.1. The second-order valence-electron chi connectivity index (χ2n) is 10.8. The first-order valence-corrected chi connectivity index (χ1v) is 13.4. The fourth-order valence-electron chi connectivity index (χ4n) is 4.46. The zero-order valence-electron chi connectivity index (χ0n) is 23.5. The van der Waals surface area contributed by atoms with Crippen LogP contribution in [0, 0.1) is 5.82 Å². The predicted molar refractivity (Wildman–Crippen MR) is 153 cm³/mol. The van der Waals surface area contributed by atoms with Gasteiger partial charge in [0, 0.05) is 19.3 Å². The lowest BCUT2D eigenvalue weighted by atomic mass is 9.90. The molecule has 11 heteroatoms. The number of rotatable bonds is 10. The number of carbonyl (C=O) groups excluding carboxylic acids is 3. The number of likely N-dealkylation sites (tertiary alicyclic amines) is 1. The summed E-state index contributed by atoms with van der Waals surface area (Å²) in [5.41, 5.74) is 4.64. The normalized spacial score (nSPS) is 15.4. The molecule has 216 valence electrons. The number of halogens is 1. The van der Waals surface area contributed by atoms with Crippen molar-refractivity contribution in [2.45, 2.75) is 51.3 Å². The largest absolute Gasteiger partial charge is 0.370 e. The molecule has 2 aromatic carbocycles. The number of ether oxygens (including phenoxy) is 1. The molecule has 1 aliphatic heterocycles. The average Bonchev–Trinajstić information content (AvgIpc) is 3.65. The van der Waals surface area contributed by atoms with Gasteiger partial charge in [-0.1, -0.05) is 42.5 Å². The Bertz CT molecular complexity index is 1410. The van der Waals surface area contributed by atoms with Crippen molar-refractivity contribution in [3.05, 3.63) is 84.1 Å². The van der Waals surface area contributed by atoms with E-state index in [0.717, 1.165) is 18.4 Å². The average molecular weight is 563 g/mol. The molecule has 0 spiro atoms. The minimum Gasteiger partial charge on any atom is -0.370 e. The number of hydrogen-bond acceptors (Lipinski definition) is 6. The highest BCUT2D eigenvalue weighted by Crippen LogP contribution is 2.31. The Morgan fingerprint density at radius 3 is 2.34 bits per heavy atom. The number of benzene rings is 2. The molecule has 0 unspecified atom stereocenters. The van der Waals surface area contributed by atoms with Crippen LogP contribution in [0.2, 0.25) is 0 Å². The quantitative estimate of drug-likeness (QED) is 0.365. The van der Waals surface area contributed by atoms with Crippen LogP contribution in [0.25, 0.3) is 0 Å². The number of nitrogens with zero attached hydrogens (tertiary/aromatic N) is 4. The Hall–Kier alpha value is -4.22. The lowest BCUT2D eigenvalue weighted by molar-refractivity contribution is -0.137. The van der Waals surface area contributed by atoms with Crippen LogP contribution in [-0.4, -0.2) is 63.1 Å². The van der Waals surface area contributed by atoms with E-state index in [1.165, 1.54) is 38.5 Å². The number of nitrogens with one attached hydrogen (secondary N) is 1. The molecule has 3 aromatic rings. The van der Waals surface area contributed by atoms with E-state index in [1.807, 2.05) is 30.3 Å². The number of hydrogen-bond donors (Lipinski definition) is 2. The highest BCUT2D eigenvalue weighted by Gasteiger charge is 2.41. The Labute approximate surface area is 238 Å². The van der Waals surface area contributed by atoms with Crippen molar-refractivity contribution in [3.8, 4) is 0 Å². The van der Waals surface area contributed by atoms with Gasteiger partial charge in [-0.15, -0.1) is 0 Å². The minimum absolute atomic E-state index is 0.132. The Morgan fingerprint density at radius 1 is 1.05 bits per heavy atom. The van der Waals surface area contributed by atoms with E-state index in [4.69, 9.17) is 10.5 Å². The summed E-state index contributed by atoms with van der Waals surface area (Å²) in [7, 11) is 0. The number of carbonyl (C=O) groups is 3. The molecule has 1 aliphatic rings. The number of imidazole rings is 1. The van der Waals surface area contributed by atoms with E-state index in [0.29, 0.717) is 18.7 Å². The van der Waals surface area contributed by atoms with Crippen LogP contribution in [0.1, 0.15) is 44.7 Å². The van der Waals surface area contributed by atoms with E-state index in [9.17, 15) is 18.8 Å². The summed E-state index contributed by atoms with van der Waals surface area (Å²) in [6, 6.07) is 15.1. The SMILES string of the molecule is CC(C)(N)C(=O)N=C(COCc1ccccc1)C(=O)Nc1cn([C@@](C)(C(=O)N2CCCC2)c2ccc(F)cc2)cn1. The second kappa shape index (κ2) is 12.5. The maximum absolute atomic E-state index is 13.8. The lowest BCUT2D eigenvalue weighted by Crippen LogP contribution is -2.48. The summed E-state index contributed by atoms with van der Waals surface area (Å²) in [4.78, 5) is 49.6. The maximum atomic E-state index is 13.8. The van der Waals surface area contributed by atoms with Gasteiger partial charge in [0.2, 0.25) is 0 Å². The zero-order chi connectivity index (χ0) is 29.6. The molecule has 1 fully saturated rings. The summed E-state index contributed by atoms with van der Waals surface area (Å²) < 4.78 is 21.0. The van der Waals surface area contributed by atoms with Gasteiger partial charge in [0.1, 0.15) is 17.1 Å². The Morgan fingerprint density at radius 2 is 1.71 bits per heavy atom. The number of aromatic nitrogens is 2. The van der Waals surface area contributed by atoms with Gasteiger partial charge in [-0.25, -0.2) is 14.4 Å². The van der Waals surface area contributed by atoms with Crippen molar-refractivity contribution in [1.29, 1.82) is 0 Å². The van der Waals surface area contributed by atoms with Crippen molar-refractivity contribution in [1.82, 2.24) is 14.5 Å². The van der Waals surface area contributed by atoms with Crippen molar-refractivity contribution in [2.75, 3.05) is 25.0 Å². The van der Waals surface area contributed by atoms with Crippen molar-refractivity contribution in [2.24, 2.45) is 10.7 Å². The zero-order valence-corrected chi connectivity index (χ0v) is 23.5. The van der Waals surface area contributed by atoms with Crippen LogP contribution < -0.4 is 11.1 Å². The molecule has 1 atom stereocenters. The van der Waals surface area contributed by atoms with Crippen LogP contribution in [0.4, 0.5) is 10.2 Å². The standard InChI is InChI=1S/C30H35FN6O4/c1-29(2,32)27(39)34-24(19-41-18-21-9-5-4-6-10-21)26(38)35-25-17-37(20-33-25)30(3,22-11-13-23(31)14-12-22)28(40)36-15-7-8-16-36/h4-6,9-14,17,20H,7-8,15-16,18-19,32H2,1-3H3,(H,35,38)/t30-/m1/s1. The monoisotopic (exact) mass is 562 g/mol. The lowest BCUT2D eigenvalue weighted by Gasteiger charge is -2.34. The second-order valence-corrected chi connectivity index (χ2v) is 10.8. The summed E-state index contributed by atoms with van der Waals surface area (Å²) in [6.07, 6.45) is 4.77. The van der Waals surface area contributed by atoms with Crippen molar-refractivity contribution < 1.29 is 23.5 Å². The Kier molecular flexibility index (Phi) is 9.09. The number of anilines is 1. The maximum Gasteiger partial charge on any atom is 0.273 e. The minimum atomic E-state index is -1.29. The molecule has 0 radical (unpaired) electrons. The van der Waals surface area contributed by atoms with E-state index in [-0.39, 0.29) is 30.7 Å². The fraction of sp³-hybridized carbons (Fsp3) is 0.367. The van der Waals surface area contributed by atoms with E-state index in [1.54, 1.807) is 28.5 Å². The van der Waals surface area contributed by atoms with Gasteiger partial charge in [-0.2, -0.15) is 0 Å². The predicted octanol–water partition coefficient (Wildman–Crippen LogP) is 3.27. The summed E-state index contributed by atoms with van der Waals surface area (Å²) in [5.74, 6) is -1.83. The molecule has 3 N–H and O–H groups in total. The molecular weight excluding hydrogens is 527 g/mol. The Balaban J connectivity index is 1.57. The molecule has 0 aliphatic carbocycles. The van der Waals surface area contributed by atoms with E-state index >= 15 is 0 Å². The van der Waals surface area contributed by atoms with E-state index < -0.39 is 28.7 Å². The third-order valence-corrected chi connectivity index (χ3v) is 6.96. The van der Waals surface area contributed by atoms with Crippen LogP contribution in [-0.2, 0) is 31.3 Å². The van der Waals surface area contributed by atoms with Gasteiger partial charge in [-0.3, -0.25) is 14.4 Å². The van der Waals surface area contributed by atoms with Gasteiger partial charge in [-0.05, 0) is 56.9 Å². The first kappa shape index (κ1) is 29.8. The summed E-state index contributed by atoms with van der Waals surface area (Å²) >= 11 is 0. The van der Waals surface area contributed by atoms with E-state index in [2.05, 4.69) is 15.3 Å². The molecule has 3 amide bonds. The first-order valence-electron chi connectivity index (χ1n) is 13.4. The molecule has 2 heterocycles. The van der Waals surface area contributed by atoms with Crippen molar-refractivity contribution in [3.63, 3.8) is 0 Å². The fourth-order valence-corrected chi connectivity index (χ4v) is 4.46. The smallest absolute Gasteiger partial charge is 0.273 e. The van der Waals surface area contributed by atoms with Crippen molar-refractivity contribution >= 4 is 29.3 Å². The third-order valence-electron chi connectivity index (χ3n) is 6.96. The molecule has 41 heavy (non-hydrogen) atoms. The van der Waals surface area contributed by atoms with Gasteiger partial charge in [0.25, 0.3) is 17.7 Å². The molecule has 0 saturated carbocycles. The number of nitrogens with two attached hydrogens (primary N) is 1. The van der Waals surface area contributed by atoms with Crippen LogP contribution in [0.3, 0.4) is 0 Å². The molecule has 0 bridgehead atoms. The summed E-state index contributed by atoms with van der Waals surface area (Å²) in [6.45, 7) is 5.94. The van der Waals surface area contributed by atoms with Gasteiger partial charge in [0.15, 0.2) is 5.82 Å². The first-order chi connectivity index (χ1) is 19.5. The van der Waals surface area contributed by atoms with Crippen LogP contribution >= 0.6 is 0 Å². The third kappa shape index (κ3) is 7.11. The van der Waals surface area contributed by atoms with Gasteiger partial charge < -0.3 is 25.3 Å². The van der Waals surface area contributed by atoms with Crippen LogP contribution in [0.5, 0.6) is 0 Å². The highest BCUT2D eigenvalue weighted by molar-refractivity contribution is 6.45. The summed E-state index contributed by atoms with van der Waals surface area (Å²) in [5, 5.41) is 2.65. The molecule has 4 rings (SSSR count). The molecule has 10 nitrogen and oxygen atoms in total. The van der Waals surface area contributed by atoms with Gasteiger partial charge >= 0.3 is 0 Å². The van der Waals surface area contributed by atoms with Gasteiger partial charge in [0.05, 0.1) is 25.1 Å². The molecule has 1 saturated heterocycles. The number of aliphatic imine (C=N–C) groups is 1. The number of amides is 3. The topological polar surface area (TPSA) is 132 Å². The molecule has 1 aromatic heterocycles. The van der Waals surface area contributed by atoms with Crippen LogP contribution in [0.15, 0.2) is 72.1 Å².